The lowest BCUT2D eigenvalue weighted by Gasteiger charge is -2.12. The van der Waals surface area contributed by atoms with E-state index in [4.69, 9.17) is 27.3 Å². The van der Waals surface area contributed by atoms with Crippen molar-refractivity contribution in [3.63, 3.8) is 0 Å². The van der Waals surface area contributed by atoms with E-state index in [2.05, 4.69) is 4.74 Å². The summed E-state index contributed by atoms with van der Waals surface area (Å²) >= 11 is 6.08. The average Bonchev–Trinajstić information content (AvgIpc) is 2.49. The van der Waals surface area contributed by atoms with E-state index in [1.807, 2.05) is 6.07 Å². The smallest absolute Gasteiger partial charge is 0.341 e. The predicted octanol–water partition coefficient (Wildman–Crippen LogP) is 3.37. The number of nitrogens with zero attached hydrogens (tertiary/aromatic N) is 1. The van der Waals surface area contributed by atoms with Crippen molar-refractivity contribution in [2.24, 2.45) is 0 Å². The third-order valence-corrected chi connectivity index (χ3v) is 2.94. The molecule has 0 bridgehead atoms. The van der Waals surface area contributed by atoms with Gasteiger partial charge in [-0.3, -0.25) is 0 Å². The summed E-state index contributed by atoms with van der Waals surface area (Å²) in [5.74, 6) is -0.102. The third kappa shape index (κ3) is 3.25. The van der Waals surface area contributed by atoms with Gasteiger partial charge >= 0.3 is 5.97 Å². The van der Waals surface area contributed by atoms with Gasteiger partial charge in [-0.2, -0.15) is 5.26 Å². The minimum absolute atomic E-state index is 0.116. The highest BCUT2D eigenvalue weighted by Gasteiger charge is 2.18. The lowest BCUT2D eigenvalue weighted by Crippen LogP contribution is -2.05. The zero-order valence-electron chi connectivity index (χ0n) is 11.1. The predicted molar refractivity (Wildman–Crippen MR) is 78.4 cm³/mol. The molecule has 0 aromatic heterocycles. The number of rotatable bonds is 3. The van der Waals surface area contributed by atoms with Gasteiger partial charge in [0.25, 0.3) is 0 Å². The second-order valence-corrected chi connectivity index (χ2v) is 4.52. The van der Waals surface area contributed by atoms with E-state index < -0.39 is 5.97 Å². The third-order valence-electron chi connectivity index (χ3n) is 2.65. The Morgan fingerprint density at radius 2 is 2.10 bits per heavy atom. The molecule has 0 aliphatic carbocycles. The average molecular weight is 303 g/mol. The molecule has 0 heterocycles. The van der Waals surface area contributed by atoms with Crippen LogP contribution in [0.2, 0.25) is 5.02 Å². The highest BCUT2D eigenvalue weighted by molar-refractivity contribution is 6.33. The minimum Gasteiger partial charge on any atom is -0.465 e. The number of benzene rings is 2. The largest absolute Gasteiger partial charge is 0.465 e. The van der Waals surface area contributed by atoms with Crippen LogP contribution in [0.3, 0.4) is 0 Å². The number of carbonyl (C=O) groups is 1. The van der Waals surface area contributed by atoms with Gasteiger partial charge in [0.2, 0.25) is 0 Å². The van der Waals surface area contributed by atoms with Crippen molar-refractivity contribution in [2.75, 3.05) is 12.8 Å². The fourth-order valence-electron chi connectivity index (χ4n) is 1.73. The van der Waals surface area contributed by atoms with E-state index in [1.165, 1.54) is 25.3 Å². The molecule has 2 aromatic carbocycles. The van der Waals surface area contributed by atoms with Crippen LogP contribution in [0.15, 0.2) is 36.4 Å². The van der Waals surface area contributed by atoms with Crippen molar-refractivity contribution < 1.29 is 14.3 Å². The molecule has 0 fully saturated rings. The zero-order valence-corrected chi connectivity index (χ0v) is 11.8. The van der Waals surface area contributed by atoms with Gasteiger partial charge in [0.1, 0.15) is 11.3 Å². The van der Waals surface area contributed by atoms with Crippen LogP contribution >= 0.6 is 11.6 Å². The summed E-state index contributed by atoms with van der Waals surface area (Å²) in [6.45, 7) is 0. The summed E-state index contributed by atoms with van der Waals surface area (Å²) in [7, 11) is 1.25. The van der Waals surface area contributed by atoms with Gasteiger partial charge < -0.3 is 15.2 Å². The van der Waals surface area contributed by atoms with Crippen LogP contribution in [0, 0.1) is 11.3 Å². The van der Waals surface area contributed by atoms with Crippen LogP contribution in [-0.2, 0) is 4.74 Å². The molecule has 0 aliphatic rings. The molecule has 5 nitrogen and oxygen atoms in total. The first-order valence-corrected chi connectivity index (χ1v) is 6.28. The van der Waals surface area contributed by atoms with E-state index in [0.29, 0.717) is 17.0 Å². The van der Waals surface area contributed by atoms with Crippen LogP contribution in [0.1, 0.15) is 15.9 Å². The van der Waals surface area contributed by atoms with Crippen molar-refractivity contribution >= 4 is 23.3 Å². The Kier molecular flexibility index (Phi) is 4.31. The number of halogens is 1. The topological polar surface area (TPSA) is 85.3 Å². The highest BCUT2D eigenvalue weighted by Crippen LogP contribution is 2.35. The SMILES string of the molecule is COC(=O)c1cc(N)cc(Cl)c1Oc1cccc(C#N)c1. The van der Waals surface area contributed by atoms with Gasteiger partial charge in [0.05, 0.1) is 23.8 Å². The number of esters is 1. The second-order valence-electron chi connectivity index (χ2n) is 4.11. The molecule has 2 rings (SSSR count). The number of anilines is 1. The Morgan fingerprint density at radius 3 is 2.76 bits per heavy atom. The molecule has 106 valence electrons. The molecule has 0 spiro atoms. The Balaban J connectivity index is 2.48. The van der Waals surface area contributed by atoms with Crippen LogP contribution < -0.4 is 10.5 Å². The standard InChI is InChI=1S/C15H11ClN2O3/c1-20-15(19)12-6-10(18)7-13(16)14(12)21-11-4-2-3-9(5-11)8-17/h2-7H,18H2,1H3. The molecular formula is C15H11ClN2O3. The zero-order chi connectivity index (χ0) is 15.4. The number of methoxy groups -OCH3 is 1. The molecule has 0 atom stereocenters. The van der Waals surface area contributed by atoms with Gasteiger partial charge in [-0.15, -0.1) is 0 Å². The number of nitrogens with two attached hydrogens (primary N) is 1. The van der Waals surface area contributed by atoms with Crippen molar-refractivity contribution in [3.05, 3.63) is 52.5 Å². The van der Waals surface area contributed by atoms with Gasteiger partial charge in [-0.05, 0) is 30.3 Å². The Hall–Kier alpha value is -2.71. The summed E-state index contributed by atoms with van der Waals surface area (Å²) in [5, 5.41) is 9.06. The number of hydrogen-bond donors (Lipinski definition) is 1. The summed E-state index contributed by atoms with van der Waals surface area (Å²) in [6, 6.07) is 11.4. The second kappa shape index (κ2) is 6.16. The molecule has 2 aromatic rings. The summed E-state index contributed by atoms with van der Waals surface area (Å²) < 4.78 is 10.3. The molecule has 0 amide bonds. The fourth-order valence-corrected chi connectivity index (χ4v) is 1.99. The molecule has 2 N–H and O–H groups in total. The lowest BCUT2D eigenvalue weighted by molar-refractivity contribution is 0.0598. The van der Waals surface area contributed by atoms with E-state index in [-0.39, 0.29) is 16.3 Å². The monoisotopic (exact) mass is 302 g/mol. The van der Waals surface area contributed by atoms with Crippen molar-refractivity contribution in [1.29, 1.82) is 5.26 Å². The molecule has 6 heteroatoms. The van der Waals surface area contributed by atoms with Gasteiger partial charge in [-0.25, -0.2) is 4.79 Å². The molecular weight excluding hydrogens is 292 g/mol. The summed E-state index contributed by atoms with van der Waals surface area (Å²) in [4.78, 5) is 11.8. The summed E-state index contributed by atoms with van der Waals surface area (Å²) in [6.07, 6.45) is 0. The van der Waals surface area contributed by atoms with Crippen molar-refractivity contribution in [2.45, 2.75) is 0 Å². The Bertz CT molecular complexity index is 738. The highest BCUT2D eigenvalue weighted by atomic mass is 35.5. The maximum Gasteiger partial charge on any atom is 0.341 e. The normalized spacial score (nSPS) is 9.76. The maximum absolute atomic E-state index is 11.8. The van der Waals surface area contributed by atoms with Crippen molar-refractivity contribution in [3.8, 4) is 17.6 Å². The maximum atomic E-state index is 11.8. The number of nitrogen functional groups attached to an aromatic ring is 1. The van der Waals surface area contributed by atoms with Gasteiger partial charge in [0, 0.05) is 5.69 Å². The van der Waals surface area contributed by atoms with E-state index >= 15 is 0 Å². The molecule has 21 heavy (non-hydrogen) atoms. The first kappa shape index (κ1) is 14.7. The molecule has 0 radical (unpaired) electrons. The number of carbonyl (C=O) groups excluding carboxylic acids is 1. The van der Waals surface area contributed by atoms with Crippen LogP contribution in [0.5, 0.6) is 11.5 Å². The number of nitriles is 1. The van der Waals surface area contributed by atoms with E-state index in [1.54, 1.807) is 18.2 Å². The Morgan fingerprint density at radius 1 is 1.33 bits per heavy atom. The number of ether oxygens (including phenoxy) is 2. The Labute approximate surface area is 126 Å². The minimum atomic E-state index is -0.615. The van der Waals surface area contributed by atoms with Crippen molar-refractivity contribution in [1.82, 2.24) is 0 Å². The van der Waals surface area contributed by atoms with E-state index in [0.717, 1.165) is 0 Å². The molecule has 0 saturated heterocycles. The first-order valence-electron chi connectivity index (χ1n) is 5.90. The summed E-state index contributed by atoms with van der Waals surface area (Å²) in [5.41, 5.74) is 6.53. The molecule has 0 saturated carbocycles. The molecule has 0 unspecified atom stereocenters. The lowest BCUT2D eigenvalue weighted by atomic mass is 10.1. The fraction of sp³-hybridized carbons (Fsp3) is 0.0667. The van der Waals surface area contributed by atoms with Gasteiger partial charge in [0.15, 0.2) is 5.75 Å². The molecule has 0 aliphatic heterocycles. The quantitative estimate of drug-likeness (QED) is 0.694. The van der Waals surface area contributed by atoms with E-state index in [9.17, 15) is 4.79 Å². The van der Waals surface area contributed by atoms with Gasteiger partial charge in [-0.1, -0.05) is 17.7 Å². The van der Waals surface area contributed by atoms with Crippen LogP contribution in [-0.4, -0.2) is 13.1 Å². The van der Waals surface area contributed by atoms with Crippen LogP contribution in [0.25, 0.3) is 0 Å². The van der Waals surface area contributed by atoms with Crippen LogP contribution in [0.4, 0.5) is 5.69 Å². The first-order chi connectivity index (χ1) is 10.0. The number of hydrogen-bond acceptors (Lipinski definition) is 5.